The summed E-state index contributed by atoms with van der Waals surface area (Å²) in [4.78, 5) is 16.4. The predicted molar refractivity (Wildman–Crippen MR) is 104 cm³/mol. The van der Waals surface area contributed by atoms with Crippen molar-refractivity contribution in [2.45, 2.75) is 13.5 Å². The fourth-order valence-corrected chi connectivity index (χ4v) is 3.09. The molecule has 26 heavy (non-hydrogen) atoms. The molecule has 0 unspecified atom stereocenters. The van der Waals surface area contributed by atoms with E-state index in [1.54, 1.807) is 24.5 Å². The average Bonchev–Trinajstić information content (AvgIpc) is 3.14. The summed E-state index contributed by atoms with van der Waals surface area (Å²) in [6, 6.07) is 15.6. The van der Waals surface area contributed by atoms with E-state index in [4.69, 9.17) is 9.47 Å². The molecule has 0 N–H and O–H groups in total. The van der Waals surface area contributed by atoms with Crippen LogP contribution in [0.25, 0.3) is 16.6 Å². The molecule has 0 fully saturated rings. The maximum absolute atomic E-state index is 11.9. The third kappa shape index (κ3) is 4.80. The Bertz CT molecular complexity index is 896. The molecule has 0 spiro atoms. The first kappa shape index (κ1) is 17.9. The number of nitrogens with zero attached hydrogens (tertiary/aromatic N) is 1. The third-order valence-corrected chi connectivity index (χ3v) is 4.68. The van der Waals surface area contributed by atoms with Crippen molar-refractivity contribution < 1.29 is 14.3 Å². The van der Waals surface area contributed by atoms with E-state index in [9.17, 15) is 4.79 Å². The number of aromatic nitrogens is 1. The second kappa shape index (κ2) is 8.45. The topological polar surface area (TPSA) is 48.4 Å². The Hall–Kier alpha value is -2.92. The maximum Gasteiger partial charge on any atom is 0.331 e. The molecule has 5 heteroatoms. The smallest absolute Gasteiger partial charge is 0.331 e. The van der Waals surface area contributed by atoms with Gasteiger partial charge in [-0.25, -0.2) is 9.78 Å². The van der Waals surface area contributed by atoms with E-state index in [-0.39, 0.29) is 6.61 Å². The standard InChI is InChI=1S/C21H19NO3S/c1-15-3-8-17(9-4-15)21-22-18(14-26-21)13-25-20(23)12-7-16-5-10-19(24-2)11-6-16/h3-12,14H,13H2,1-2H3/b12-7+. The highest BCUT2D eigenvalue weighted by Gasteiger charge is 2.06. The summed E-state index contributed by atoms with van der Waals surface area (Å²) in [5, 5.41) is 2.83. The fraction of sp³-hybridized carbons (Fsp3) is 0.143. The van der Waals surface area contributed by atoms with Gasteiger partial charge in [0, 0.05) is 17.0 Å². The summed E-state index contributed by atoms with van der Waals surface area (Å²) in [6.07, 6.45) is 3.12. The van der Waals surface area contributed by atoms with Gasteiger partial charge in [0.1, 0.15) is 17.4 Å². The van der Waals surface area contributed by atoms with Crippen LogP contribution in [0.2, 0.25) is 0 Å². The average molecular weight is 365 g/mol. The van der Waals surface area contributed by atoms with Crippen molar-refractivity contribution in [3.05, 3.63) is 76.8 Å². The van der Waals surface area contributed by atoms with Crippen molar-refractivity contribution in [1.29, 1.82) is 0 Å². The van der Waals surface area contributed by atoms with E-state index in [0.29, 0.717) is 0 Å². The second-order valence-electron chi connectivity index (χ2n) is 5.72. The van der Waals surface area contributed by atoms with Gasteiger partial charge in [-0.15, -0.1) is 11.3 Å². The van der Waals surface area contributed by atoms with E-state index in [1.165, 1.54) is 11.6 Å². The monoisotopic (exact) mass is 365 g/mol. The van der Waals surface area contributed by atoms with Gasteiger partial charge in [-0.05, 0) is 30.7 Å². The molecule has 0 saturated carbocycles. The van der Waals surface area contributed by atoms with Gasteiger partial charge in [0.2, 0.25) is 0 Å². The Morgan fingerprint density at radius 2 is 1.85 bits per heavy atom. The predicted octanol–water partition coefficient (Wildman–Crippen LogP) is 4.88. The molecule has 0 aliphatic rings. The molecule has 3 rings (SSSR count). The fourth-order valence-electron chi connectivity index (χ4n) is 2.27. The summed E-state index contributed by atoms with van der Waals surface area (Å²) in [7, 11) is 1.62. The molecule has 2 aromatic carbocycles. The van der Waals surface area contributed by atoms with Gasteiger partial charge in [0.25, 0.3) is 0 Å². The molecule has 3 aromatic rings. The first-order chi connectivity index (χ1) is 12.6. The molecule has 4 nitrogen and oxygen atoms in total. The molecule has 1 aromatic heterocycles. The lowest BCUT2D eigenvalue weighted by atomic mass is 10.2. The first-order valence-electron chi connectivity index (χ1n) is 8.14. The van der Waals surface area contributed by atoms with Crippen LogP contribution in [0.15, 0.2) is 60.0 Å². The number of carbonyl (C=O) groups excluding carboxylic acids is 1. The van der Waals surface area contributed by atoms with Gasteiger partial charge < -0.3 is 9.47 Å². The van der Waals surface area contributed by atoms with Gasteiger partial charge in [-0.2, -0.15) is 0 Å². The van der Waals surface area contributed by atoms with E-state index in [0.717, 1.165) is 27.6 Å². The number of thiazole rings is 1. The van der Waals surface area contributed by atoms with Crippen molar-refractivity contribution in [2.75, 3.05) is 7.11 Å². The third-order valence-electron chi connectivity index (χ3n) is 3.74. The molecule has 0 bridgehead atoms. The highest BCUT2D eigenvalue weighted by molar-refractivity contribution is 7.13. The molecule has 0 saturated heterocycles. The molecule has 0 atom stereocenters. The number of carbonyl (C=O) groups is 1. The SMILES string of the molecule is COc1ccc(/C=C/C(=O)OCc2csc(-c3ccc(C)cc3)n2)cc1. The second-order valence-corrected chi connectivity index (χ2v) is 6.58. The first-order valence-corrected chi connectivity index (χ1v) is 9.02. The van der Waals surface area contributed by atoms with Crippen LogP contribution in [0.1, 0.15) is 16.8 Å². The van der Waals surface area contributed by atoms with Crippen LogP contribution in [0, 0.1) is 6.92 Å². The van der Waals surface area contributed by atoms with E-state index < -0.39 is 5.97 Å². The van der Waals surface area contributed by atoms with Crippen molar-refractivity contribution in [1.82, 2.24) is 4.98 Å². The van der Waals surface area contributed by atoms with Crippen molar-refractivity contribution in [2.24, 2.45) is 0 Å². The molecular formula is C21H19NO3S. The summed E-state index contributed by atoms with van der Waals surface area (Å²) in [6.45, 7) is 2.21. The van der Waals surface area contributed by atoms with Crippen molar-refractivity contribution in [3.8, 4) is 16.3 Å². The highest BCUT2D eigenvalue weighted by atomic mass is 32.1. The number of benzene rings is 2. The molecule has 0 amide bonds. The zero-order chi connectivity index (χ0) is 18.4. The number of ether oxygens (including phenoxy) is 2. The Morgan fingerprint density at radius 1 is 1.12 bits per heavy atom. The lowest BCUT2D eigenvalue weighted by Gasteiger charge is -2.00. The van der Waals surface area contributed by atoms with Crippen LogP contribution in [0.3, 0.4) is 0 Å². The van der Waals surface area contributed by atoms with E-state index in [2.05, 4.69) is 24.0 Å². The number of aryl methyl sites for hydroxylation is 1. The lowest BCUT2D eigenvalue weighted by molar-refractivity contribution is -0.139. The minimum absolute atomic E-state index is 0.161. The molecular weight excluding hydrogens is 346 g/mol. The van der Waals surface area contributed by atoms with Crippen LogP contribution < -0.4 is 4.74 Å². The number of hydrogen-bond acceptors (Lipinski definition) is 5. The summed E-state index contributed by atoms with van der Waals surface area (Å²) in [5.74, 6) is 0.378. The molecule has 132 valence electrons. The highest BCUT2D eigenvalue weighted by Crippen LogP contribution is 2.24. The Kier molecular flexibility index (Phi) is 5.81. The van der Waals surface area contributed by atoms with Crippen molar-refractivity contribution in [3.63, 3.8) is 0 Å². The summed E-state index contributed by atoms with van der Waals surface area (Å²) in [5.41, 5.74) is 3.93. The zero-order valence-corrected chi connectivity index (χ0v) is 15.5. The number of esters is 1. The molecule has 0 aliphatic heterocycles. The quantitative estimate of drug-likeness (QED) is 0.461. The minimum Gasteiger partial charge on any atom is -0.497 e. The van der Waals surface area contributed by atoms with Crippen molar-refractivity contribution >= 4 is 23.4 Å². The van der Waals surface area contributed by atoms with Gasteiger partial charge in [-0.3, -0.25) is 0 Å². The molecule has 1 heterocycles. The maximum atomic E-state index is 11.9. The Balaban J connectivity index is 1.54. The van der Waals surface area contributed by atoms with Gasteiger partial charge in [0.15, 0.2) is 0 Å². The van der Waals surface area contributed by atoms with Crippen LogP contribution in [0.5, 0.6) is 5.75 Å². The Morgan fingerprint density at radius 3 is 2.54 bits per heavy atom. The molecule has 0 radical (unpaired) electrons. The summed E-state index contributed by atoms with van der Waals surface area (Å²) < 4.78 is 10.4. The zero-order valence-electron chi connectivity index (χ0n) is 14.6. The number of methoxy groups -OCH3 is 1. The van der Waals surface area contributed by atoms with Crippen LogP contribution in [-0.2, 0) is 16.1 Å². The Labute approximate surface area is 156 Å². The van der Waals surface area contributed by atoms with E-state index >= 15 is 0 Å². The van der Waals surface area contributed by atoms with Crippen LogP contribution in [-0.4, -0.2) is 18.1 Å². The van der Waals surface area contributed by atoms with Crippen LogP contribution >= 0.6 is 11.3 Å². The van der Waals surface area contributed by atoms with E-state index in [1.807, 2.05) is 41.8 Å². The largest absolute Gasteiger partial charge is 0.497 e. The molecule has 0 aliphatic carbocycles. The van der Waals surface area contributed by atoms with Gasteiger partial charge in [0.05, 0.1) is 12.8 Å². The summed E-state index contributed by atoms with van der Waals surface area (Å²) >= 11 is 1.54. The van der Waals surface area contributed by atoms with Crippen LogP contribution in [0.4, 0.5) is 0 Å². The normalized spacial score (nSPS) is 10.8. The van der Waals surface area contributed by atoms with Gasteiger partial charge >= 0.3 is 5.97 Å². The number of hydrogen-bond donors (Lipinski definition) is 0. The lowest BCUT2D eigenvalue weighted by Crippen LogP contribution is -2.00. The minimum atomic E-state index is -0.397. The van der Waals surface area contributed by atoms with Gasteiger partial charge in [-0.1, -0.05) is 42.0 Å². The number of rotatable bonds is 6.